The minimum absolute atomic E-state index is 0.236. The van der Waals surface area contributed by atoms with Crippen molar-refractivity contribution in [2.24, 2.45) is 0 Å². The smallest absolute Gasteiger partial charge is 0.260 e. The van der Waals surface area contributed by atoms with Gasteiger partial charge in [-0.15, -0.1) is 0 Å². The predicted molar refractivity (Wildman–Crippen MR) is 96.1 cm³/mol. The molecular weight excluding hydrogens is 389 g/mol. The molecule has 3 aromatic rings. The van der Waals surface area contributed by atoms with Crippen molar-refractivity contribution in [3.63, 3.8) is 0 Å². The summed E-state index contributed by atoms with van der Waals surface area (Å²) in [6.07, 6.45) is 3.81. The van der Waals surface area contributed by atoms with Gasteiger partial charge in [-0.3, -0.25) is 4.79 Å². The lowest BCUT2D eigenvalue weighted by atomic mass is 10.3. The highest BCUT2D eigenvalue weighted by Gasteiger charge is 2.16. The maximum absolute atomic E-state index is 13.1. The van der Waals surface area contributed by atoms with Gasteiger partial charge < -0.3 is 14.5 Å². The number of carbonyl (C=O) groups is 1. The lowest BCUT2D eigenvalue weighted by Crippen LogP contribution is -2.37. The predicted octanol–water partition coefficient (Wildman–Crippen LogP) is 3.36. The first-order chi connectivity index (χ1) is 12.0. The van der Waals surface area contributed by atoms with Crippen molar-refractivity contribution >= 4 is 27.5 Å². The molecule has 0 aliphatic carbocycles. The van der Waals surface area contributed by atoms with Gasteiger partial charge in [0.05, 0.1) is 10.2 Å². The van der Waals surface area contributed by atoms with E-state index in [1.165, 1.54) is 18.2 Å². The van der Waals surface area contributed by atoms with Crippen LogP contribution in [-0.4, -0.2) is 27.9 Å². The summed E-state index contributed by atoms with van der Waals surface area (Å²) in [5, 5.41) is 2.82. The van der Waals surface area contributed by atoms with Crippen LogP contribution in [0.15, 0.2) is 53.3 Å². The van der Waals surface area contributed by atoms with Gasteiger partial charge in [0.2, 0.25) is 0 Å². The summed E-state index contributed by atoms with van der Waals surface area (Å²) in [6.45, 7) is 2.11. The zero-order valence-corrected chi connectivity index (χ0v) is 15.2. The number of halogens is 2. The fourth-order valence-electron chi connectivity index (χ4n) is 2.38. The summed E-state index contributed by atoms with van der Waals surface area (Å²) in [5.74, 6) is -0.187. The van der Waals surface area contributed by atoms with Crippen LogP contribution in [-0.2, 0) is 11.2 Å². The summed E-state index contributed by atoms with van der Waals surface area (Å²) >= 11 is 3.22. The zero-order chi connectivity index (χ0) is 17.8. The Morgan fingerprint density at radius 1 is 1.40 bits per heavy atom. The van der Waals surface area contributed by atoms with Crippen molar-refractivity contribution in [2.75, 3.05) is 6.54 Å². The highest BCUT2D eigenvalue weighted by molar-refractivity contribution is 9.10. The third kappa shape index (κ3) is 4.36. The molecule has 3 rings (SSSR count). The summed E-state index contributed by atoms with van der Waals surface area (Å²) in [5.41, 5.74) is 1.78. The van der Waals surface area contributed by atoms with Crippen LogP contribution in [0.4, 0.5) is 4.39 Å². The Morgan fingerprint density at radius 3 is 3.00 bits per heavy atom. The number of hydrogen-bond acceptors (Lipinski definition) is 3. The topological polar surface area (TPSA) is 55.6 Å². The molecule has 2 heterocycles. The first-order valence-electron chi connectivity index (χ1n) is 7.85. The van der Waals surface area contributed by atoms with Crippen molar-refractivity contribution < 1.29 is 13.9 Å². The second-order valence-corrected chi connectivity index (χ2v) is 6.43. The number of pyridine rings is 1. The maximum atomic E-state index is 13.1. The van der Waals surface area contributed by atoms with E-state index in [2.05, 4.69) is 26.2 Å². The second kappa shape index (κ2) is 7.65. The average Bonchev–Trinajstić information content (AvgIpc) is 3.00. The fraction of sp³-hybridized carbons (Fsp3) is 0.222. The SMILES string of the molecule is CC(Oc1ccc(F)cc1Br)C(=O)NCCc1cn2ccccc2n1. The van der Waals surface area contributed by atoms with Crippen molar-refractivity contribution in [3.8, 4) is 5.75 Å². The minimum atomic E-state index is -0.692. The maximum Gasteiger partial charge on any atom is 0.260 e. The molecule has 0 spiro atoms. The highest BCUT2D eigenvalue weighted by atomic mass is 79.9. The quantitative estimate of drug-likeness (QED) is 0.683. The molecule has 7 heteroatoms. The van der Waals surface area contributed by atoms with Gasteiger partial charge in [-0.25, -0.2) is 9.37 Å². The van der Waals surface area contributed by atoms with Gasteiger partial charge in [-0.1, -0.05) is 6.07 Å². The standard InChI is InChI=1S/C18H17BrFN3O2/c1-12(25-16-6-5-13(20)10-15(16)19)18(24)21-8-7-14-11-23-9-3-2-4-17(23)22-14/h2-6,9-12H,7-8H2,1H3,(H,21,24). The average molecular weight is 406 g/mol. The summed E-state index contributed by atoms with van der Waals surface area (Å²) < 4.78 is 21.1. The number of rotatable bonds is 6. The number of ether oxygens (including phenoxy) is 1. The van der Waals surface area contributed by atoms with Crippen LogP contribution in [0.2, 0.25) is 0 Å². The Bertz CT molecular complexity index is 864. The minimum Gasteiger partial charge on any atom is -0.480 e. The Morgan fingerprint density at radius 2 is 2.24 bits per heavy atom. The number of imidazole rings is 1. The largest absolute Gasteiger partial charge is 0.480 e. The molecule has 0 fully saturated rings. The number of aromatic nitrogens is 2. The number of nitrogens with one attached hydrogen (secondary N) is 1. The number of amides is 1. The normalized spacial score (nSPS) is 12.1. The van der Waals surface area contributed by atoms with Gasteiger partial charge in [0.1, 0.15) is 17.2 Å². The van der Waals surface area contributed by atoms with Crippen LogP contribution in [0.5, 0.6) is 5.75 Å². The molecule has 0 bridgehead atoms. The lowest BCUT2D eigenvalue weighted by Gasteiger charge is -2.15. The van der Waals surface area contributed by atoms with E-state index in [1.54, 1.807) is 6.92 Å². The molecule has 1 aromatic carbocycles. The monoisotopic (exact) mass is 405 g/mol. The van der Waals surface area contributed by atoms with Gasteiger partial charge >= 0.3 is 0 Å². The van der Waals surface area contributed by atoms with Crippen LogP contribution in [0.1, 0.15) is 12.6 Å². The molecule has 0 saturated carbocycles. The van der Waals surface area contributed by atoms with E-state index >= 15 is 0 Å². The molecule has 1 unspecified atom stereocenters. The molecular formula is C18H17BrFN3O2. The van der Waals surface area contributed by atoms with Gasteiger partial charge in [-0.2, -0.15) is 0 Å². The third-order valence-corrected chi connectivity index (χ3v) is 4.28. The van der Waals surface area contributed by atoms with Crippen LogP contribution >= 0.6 is 15.9 Å². The Labute approximate surface area is 153 Å². The van der Waals surface area contributed by atoms with E-state index in [4.69, 9.17) is 4.74 Å². The van der Waals surface area contributed by atoms with E-state index in [1.807, 2.05) is 35.0 Å². The molecule has 0 radical (unpaired) electrons. The molecule has 0 aliphatic rings. The van der Waals surface area contributed by atoms with Gasteiger partial charge in [-0.05, 0) is 53.2 Å². The third-order valence-electron chi connectivity index (χ3n) is 3.66. The number of benzene rings is 1. The summed E-state index contributed by atoms with van der Waals surface area (Å²) in [6, 6.07) is 9.86. The van der Waals surface area contributed by atoms with Crippen molar-refractivity contribution in [3.05, 3.63) is 64.8 Å². The first-order valence-corrected chi connectivity index (χ1v) is 8.64. The molecule has 25 heavy (non-hydrogen) atoms. The Balaban J connectivity index is 1.51. The Hall–Kier alpha value is -2.41. The van der Waals surface area contributed by atoms with Crippen LogP contribution in [0.3, 0.4) is 0 Å². The Kier molecular flexibility index (Phi) is 5.33. The summed E-state index contributed by atoms with van der Waals surface area (Å²) in [7, 11) is 0. The lowest BCUT2D eigenvalue weighted by molar-refractivity contribution is -0.127. The zero-order valence-electron chi connectivity index (χ0n) is 13.6. The van der Waals surface area contributed by atoms with E-state index in [0.29, 0.717) is 23.2 Å². The summed E-state index contributed by atoms with van der Waals surface area (Å²) in [4.78, 5) is 16.6. The number of hydrogen-bond donors (Lipinski definition) is 1. The second-order valence-electron chi connectivity index (χ2n) is 5.57. The first kappa shape index (κ1) is 17.4. The van der Waals surface area contributed by atoms with Crippen LogP contribution in [0, 0.1) is 5.82 Å². The van der Waals surface area contributed by atoms with Crippen LogP contribution in [0.25, 0.3) is 5.65 Å². The van der Waals surface area contributed by atoms with Gasteiger partial charge in [0, 0.05) is 25.4 Å². The molecule has 1 N–H and O–H groups in total. The molecule has 130 valence electrons. The molecule has 1 atom stereocenters. The molecule has 0 saturated heterocycles. The number of carbonyl (C=O) groups excluding carboxylic acids is 1. The molecule has 5 nitrogen and oxygen atoms in total. The number of fused-ring (bicyclic) bond motifs is 1. The van der Waals surface area contributed by atoms with Gasteiger partial charge in [0.15, 0.2) is 6.10 Å². The van der Waals surface area contributed by atoms with E-state index in [9.17, 15) is 9.18 Å². The van der Waals surface area contributed by atoms with E-state index in [-0.39, 0.29) is 11.7 Å². The van der Waals surface area contributed by atoms with E-state index in [0.717, 1.165) is 11.3 Å². The molecule has 2 aromatic heterocycles. The van der Waals surface area contributed by atoms with Crippen molar-refractivity contribution in [2.45, 2.75) is 19.4 Å². The van der Waals surface area contributed by atoms with Crippen LogP contribution < -0.4 is 10.1 Å². The fourth-order valence-corrected chi connectivity index (χ4v) is 2.82. The van der Waals surface area contributed by atoms with Gasteiger partial charge in [0.25, 0.3) is 5.91 Å². The van der Waals surface area contributed by atoms with E-state index < -0.39 is 6.10 Å². The molecule has 1 amide bonds. The van der Waals surface area contributed by atoms with Crippen molar-refractivity contribution in [1.29, 1.82) is 0 Å². The number of nitrogens with zero attached hydrogens (tertiary/aromatic N) is 2. The molecule has 0 aliphatic heterocycles. The van der Waals surface area contributed by atoms with Crippen molar-refractivity contribution in [1.82, 2.24) is 14.7 Å². The highest BCUT2D eigenvalue weighted by Crippen LogP contribution is 2.26.